The number of nitrogen functional groups attached to an aromatic ring is 1. The lowest BCUT2D eigenvalue weighted by Crippen LogP contribution is -2.61. The van der Waals surface area contributed by atoms with E-state index in [0.717, 1.165) is 50.0 Å². The predicted molar refractivity (Wildman–Crippen MR) is 151 cm³/mol. The number of likely N-dealkylation sites (tertiary alicyclic amines) is 1. The normalized spacial score (nSPS) is 23.7. The van der Waals surface area contributed by atoms with E-state index in [-0.39, 0.29) is 23.1 Å². The fourth-order valence-electron chi connectivity index (χ4n) is 6.19. The molecule has 0 spiro atoms. The van der Waals surface area contributed by atoms with Crippen LogP contribution >= 0.6 is 22.9 Å². The van der Waals surface area contributed by atoms with E-state index in [4.69, 9.17) is 27.1 Å². The maximum Gasteiger partial charge on any atom is 0.319 e. The molecule has 4 aromatic rings. The van der Waals surface area contributed by atoms with Crippen LogP contribution in [-0.2, 0) is 0 Å². The van der Waals surface area contributed by atoms with Crippen LogP contribution < -0.4 is 20.7 Å². The molecular formula is C27H29ClFN7OS. The van der Waals surface area contributed by atoms with Gasteiger partial charge in [0, 0.05) is 47.7 Å². The molecule has 2 bridgehead atoms. The van der Waals surface area contributed by atoms with Gasteiger partial charge in [0.2, 0.25) is 0 Å². The molecule has 4 saturated heterocycles. The molecule has 0 saturated carbocycles. The number of ether oxygens (including phenoxy) is 1. The second-order valence-electron chi connectivity index (χ2n) is 10.6. The van der Waals surface area contributed by atoms with Gasteiger partial charge >= 0.3 is 6.01 Å². The number of para-hydroxylation sites is 1. The van der Waals surface area contributed by atoms with Crippen LogP contribution in [0.2, 0.25) is 5.02 Å². The summed E-state index contributed by atoms with van der Waals surface area (Å²) >= 11 is 8.19. The van der Waals surface area contributed by atoms with E-state index in [2.05, 4.69) is 32.1 Å². The Bertz CT molecular complexity index is 1540. The molecule has 0 unspecified atom stereocenters. The molecule has 4 fully saturated rings. The SMILES string of the molecule is CN1CCC[C@H]1COc1nc(N2C[C@H]3CC[C@@H]2CN3)c2cc(Cl)c(-c3cccc4sc(N)nc34)c(F)c2n1. The van der Waals surface area contributed by atoms with Crippen molar-refractivity contribution in [1.82, 2.24) is 25.2 Å². The van der Waals surface area contributed by atoms with Crippen molar-refractivity contribution in [3.63, 3.8) is 0 Å². The minimum atomic E-state index is -0.502. The number of fused-ring (bicyclic) bond motifs is 5. The second-order valence-corrected chi connectivity index (χ2v) is 12.0. The quantitative estimate of drug-likeness (QED) is 0.367. The molecule has 38 heavy (non-hydrogen) atoms. The highest BCUT2D eigenvalue weighted by atomic mass is 35.5. The van der Waals surface area contributed by atoms with Gasteiger partial charge in [0.05, 0.1) is 15.2 Å². The lowest BCUT2D eigenvalue weighted by molar-refractivity contribution is 0.188. The molecule has 0 amide bonds. The Morgan fingerprint density at radius 3 is 2.84 bits per heavy atom. The lowest BCUT2D eigenvalue weighted by Gasteiger charge is -2.46. The highest BCUT2D eigenvalue weighted by molar-refractivity contribution is 7.22. The van der Waals surface area contributed by atoms with Crippen LogP contribution in [0.3, 0.4) is 0 Å². The first kappa shape index (κ1) is 24.3. The van der Waals surface area contributed by atoms with Crippen molar-refractivity contribution in [1.29, 1.82) is 0 Å². The van der Waals surface area contributed by atoms with Gasteiger partial charge in [0.25, 0.3) is 0 Å². The van der Waals surface area contributed by atoms with Crippen molar-refractivity contribution in [3.8, 4) is 17.1 Å². The fraction of sp³-hybridized carbons (Fsp3) is 0.444. The van der Waals surface area contributed by atoms with Crippen molar-refractivity contribution in [3.05, 3.63) is 35.1 Å². The van der Waals surface area contributed by atoms with Crippen LogP contribution in [0.4, 0.5) is 15.3 Å². The maximum absolute atomic E-state index is 16.5. The average Bonchev–Trinajstić information content (AvgIpc) is 3.52. The zero-order valence-corrected chi connectivity index (χ0v) is 22.7. The van der Waals surface area contributed by atoms with E-state index in [1.165, 1.54) is 11.3 Å². The van der Waals surface area contributed by atoms with E-state index >= 15 is 4.39 Å². The number of anilines is 2. The molecule has 0 aliphatic carbocycles. The maximum atomic E-state index is 16.5. The second kappa shape index (κ2) is 9.44. The molecule has 6 heterocycles. The molecule has 8 nitrogen and oxygen atoms in total. The topological polar surface area (TPSA) is 92.4 Å². The summed E-state index contributed by atoms with van der Waals surface area (Å²) in [6.45, 7) is 3.19. The highest BCUT2D eigenvalue weighted by Crippen LogP contribution is 2.43. The molecule has 2 aromatic carbocycles. The molecule has 198 valence electrons. The Hall–Kier alpha value is -2.79. The summed E-state index contributed by atoms with van der Waals surface area (Å²) in [5.74, 6) is 0.183. The van der Waals surface area contributed by atoms with Crippen LogP contribution in [0.15, 0.2) is 24.3 Å². The molecule has 8 rings (SSSR count). The van der Waals surface area contributed by atoms with E-state index < -0.39 is 5.82 Å². The minimum absolute atomic E-state index is 0.200. The first-order chi connectivity index (χ1) is 18.5. The Labute approximate surface area is 229 Å². The third kappa shape index (κ3) is 4.05. The van der Waals surface area contributed by atoms with Gasteiger partial charge < -0.3 is 25.6 Å². The third-order valence-corrected chi connectivity index (χ3v) is 9.39. The van der Waals surface area contributed by atoms with E-state index in [9.17, 15) is 0 Å². The lowest BCUT2D eigenvalue weighted by atomic mass is 9.92. The van der Waals surface area contributed by atoms with Crippen molar-refractivity contribution in [2.24, 2.45) is 0 Å². The minimum Gasteiger partial charge on any atom is -0.462 e. The molecule has 3 atom stereocenters. The monoisotopic (exact) mass is 553 g/mol. The number of halogens is 2. The molecule has 0 radical (unpaired) electrons. The van der Waals surface area contributed by atoms with Crippen LogP contribution in [0.1, 0.15) is 25.7 Å². The molecule has 11 heteroatoms. The van der Waals surface area contributed by atoms with Crippen molar-refractivity contribution < 1.29 is 9.13 Å². The predicted octanol–water partition coefficient (Wildman–Crippen LogP) is 4.69. The summed E-state index contributed by atoms with van der Waals surface area (Å²) in [5.41, 5.74) is 7.68. The first-order valence-corrected chi connectivity index (χ1v) is 14.3. The Balaban J connectivity index is 1.39. The van der Waals surface area contributed by atoms with Gasteiger partial charge in [-0.1, -0.05) is 35.1 Å². The highest BCUT2D eigenvalue weighted by Gasteiger charge is 2.36. The van der Waals surface area contributed by atoms with Gasteiger partial charge in [-0.25, -0.2) is 9.37 Å². The van der Waals surface area contributed by atoms with Crippen molar-refractivity contribution >= 4 is 55.0 Å². The summed E-state index contributed by atoms with van der Waals surface area (Å²) in [6.07, 6.45) is 4.39. The zero-order valence-electron chi connectivity index (χ0n) is 21.1. The standard InChI is InChI=1S/C27H29ClFN7OS/c1-35-9-3-4-16(35)13-37-27-33-24-18(25(34-27)36-12-14-7-8-15(36)11-31-14)10-19(28)21(22(24)29)17-5-2-6-20-23(17)32-26(30)38-20/h2,5-6,10,14-16,31H,3-4,7-9,11-13H2,1H3,(H2,30,32)/t14-,15-,16+/m1/s1. The zero-order chi connectivity index (χ0) is 26.0. The summed E-state index contributed by atoms with van der Waals surface area (Å²) in [5, 5.41) is 4.90. The van der Waals surface area contributed by atoms with E-state index in [0.29, 0.717) is 51.1 Å². The number of likely N-dealkylation sites (N-methyl/N-ethyl adjacent to an activating group) is 1. The van der Waals surface area contributed by atoms with E-state index in [1.807, 2.05) is 18.2 Å². The number of piperidine rings is 2. The molecule has 4 aliphatic heterocycles. The van der Waals surface area contributed by atoms with Crippen LogP contribution in [0, 0.1) is 5.82 Å². The number of rotatable bonds is 5. The molecule has 2 aromatic heterocycles. The Kier molecular flexibility index (Phi) is 6.03. The third-order valence-electron chi connectivity index (χ3n) is 8.24. The number of nitrogens with zero attached hydrogens (tertiary/aromatic N) is 5. The number of nitrogens with two attached hydrogens (primary N) is 1. The fourth-order valence-corrected chi connectivity index (χ4v) is 7.24. The largest absolute Gasteiger partial charge is 0.462 e. The van der Waals surface area contributed by atoms with E-state index in [1.54, 1.807) is 6.07 Å². The van der Waals surface area contributed by atoms with Crippen molar-refractivity contribution in [2.75, 3.05) is 43.9 Å². The Morgan fingerprint density at radius 1 is 1.21 bits per heavy atom. The number of hydrogen-bond donors (Lipinski definition) is 2. The number of hydrogen-bond acceptors (Lipinski definition) is 9. The number of nitrogens with one attached hydrogen (secondary N) is 1. The van der Waals surface area contributed by atoms with Gasteiger partial charge in [-0.15, -0.1) is 0 Å². The van der Waals surface area contributed by atoms with Crippen LogP contribution in [-0.4, -0.2) is 71.3 Å². The Morgan fingerprint density at radius 2 is 2.11 bits per heavy atom. The van der Waals surface area contributed by atoms with Gasteiger partial charge in [-0.3, -0.25) is 0 Å². The number of thiazole rings is 1. The molecule has 3 N–H and O–H groups in total. The summed E-state index contributed by atoms with van der Waals surface area (Å²) in [7, 11) is 2.10. The number of benzene rings is 2. The number of piperazine rings is 1. The van der Waals surface area contributed by atoms with Gasteiger partial charge in [-0.2, -0.15) is 9.97 Å². The molecular weight excluding hydrogens is 525 g/mol. The van der Waals surface area contributed by atoms with Gasteiger partial charge in [0.15, 0.2) is 10.9 Å². The summed E-state index contributed by atoms with van der Waals surface area (Å²) < 4.78 is 23.6. The average molecular weight is 554 g/mol. The van der Waals surface area contributed by atoms with Crippen molar-refractivity contribution in [2.45, 2.75) is 43.8 Å². The smallest absolute Gasteiger partial charge is 0.319 e. The van der Waals surface area contributed by atoms with Gasteiger partial charge in [-0.05, 0) is 51.4 Å². The van der Waals surface area contributed by atoms with Crippen LogP contribution in [0.25, 0.3) is 32.2 Å². The summed E-state index contributed by atoms with van der Waals surface area (Å²) in [6, 6.07) is 8.56. The summed E-state index contributed by atoms with van der Waals surface area (Å²) in [4.78, 5) is 18.5. The molecule has 4 aliphatic rings. The first-order valence-electron chi connectivity index (χ1n) is 13.1. The van der Waals surface area contributed by atoms with Gasteiger partial charge in [0.1, 0.15) is 17.9 Å². The number of aromatic nitrogens is 3. The van der Waals surface area contributed by atoms with Crippen LogP contribution in [0.5, 0.6) is 6.01 Å².